The standard InChI is InChI=1S/C24H21BrN2O4S/c25-19-5-10-22-18(15-19)11-13-26(22)24(28)16-31-20-6-8-21(9-7-20)32(29,30)27-14-12-17-3-1-2-4-23(17)27/h1-10,15H,11-14,16H2. The number of fused-ring (bicyclic) bond motifs is 2. The second-order valence-corrected chi connectivity index (χ2v) is 10.6. The van der Waals surface area contributed by atoms with Crippen molar-refractivity contribution in [2.75, 3.05) is 28.9 Å². The Morgan fingerprint density at radius 2 is 1.66 bits per heavy atom. The molecule has 3 aromatic carbocycles. The first-order valence-corrected chi connectivity index (χ1v) is 12.6. The number of nitrogens with zero attached hydrogens (tertiary/aromatic N) is 2. The average Bonchev–Trinajstić information content (AvgIpc) is 3.42. The van der Waals surface area contributed by atoms with Gasteiger partial charge in [0.15, 0.2) is 6.61 Å². The molecule has 2 aliphatic rings. The molecule has 32 heavy (non-hydrogen) atoms. The third-order valence-electron chi connectivity index (χ3n) is 5.86. The minimum Gasteiger partial charge on any atom is -0.484 e. The van der Waals surface area contributed by atoms with Crippen molar-refractivity contribution in [1.82, 2.24) is 0 Å². The Morgan fingerprint density at radius 1 is 0.906 bits per heavy atom. The maximum Gasteiger partial charge on any atom is 0.264 e. The molecule has 2 aliphatic heterocycles. The van der Waals surface area contributed by atoms with E-state index in [-0.39, 0.29) is 17.4 Å². The summed E-state index contributed by atoms with van der Waals surface area (Å²) in [6.07, 6.45) is 1.52. The predicted octanol–water partition coefficient (Wildman–Crippen LogP) is 4.17. The highest BCUT2D eigenvalue weighted by Crippen LogP contribution is 2.33. The van der Waals surface area contributed by atoms with Crippen LogP contribution in [-0.4, -0.2) is 34.0 Å². The summed E-state index contributed by atoms with van der Waals surface area (Å²) in [5.41, 5.74) is 3.81. The number of anilines is 2. The minimum absolute atomic E-state index is 0.110. The maximum atomic E-state index is 13.1. The number of halogens is 1. The van der Waals surface area contributed by atoms with Crippen molar-refractivity contribution in [2.24, 2.45) is 0 Å². The van der Waals surface area contributed by atoms with E-state index in [0.717, 1.165) is 33.4 Å². The summed E-state index contributed by atoms with van der Waals surface area (Å²) < 4.78 is 34.3. The van der Waals surface area contributed by atoms with Gasteiger partial charge in [0.05, 0.1) is 10.6 Å². The normalized spacial score (nSPS) is 14.9. The number of carbonyl (C=O) groups is 1. The molecule has 0 aliphatic carbocycles. The number of hydrogen-bond donors (Lipinski definition) is 0. The fourth-order valence-corrected chi connectivity index (χ4v) is 6.16. The highest BCUT2D eigenvalue weighted by atomic mass is 79.9. The number of rotatable bonds is 5. The van der Waals surface area contributed by atoms with Gasteiger partial charge in [-0.2, -0.15) is 0 Å². The average molecular weight is 513 g/mol. The highest BCUT2D eigenvalue weighted by Gasteiger charge is 2.30. The molecule has 164 valence electrons. The van der Waals surface area contributed by atoms with E-state index in [4.69, 9.17) is 4.74 Å². The third kappa shape index (κ3) is 3.78. The van der Waals surface area contributed by atoms with Crippen LogP contribution in [0.15, 0.2) is 76.1 Å². The van der Waals surface area contributed by atoms with E-state index in [1.54, 1.807) is 17.0 Å². The Morgan fingerprint density at radius 3 is 2.47 bits per heavy atom. The van der Waals surface area contributed by atoms with Crippen LogP contribution >= 0.6 is 15.9 Å². The van der Waals surface area contributed by atoms with Crippen molar-refractivity contribution < 1.29 is 17.9 Å². The van der Waals surface area contributed by atoms with Gasteiger partial charge in [-0.25, -0.2) is 8.42 Å². The lowest BCUT2D eigenvalue weighted by atomic mass is 10.2. The van der Waals surface area contributed by atoms with Crippen LogP contribution in [0.1, 0.15) is 11.1 Å². The molecule has 6 nitrogen and oxygen atoms in total. The highest BCUT2D eigenvalue weighted by molar-refractivity contribution is 9.10. The van der Waals surface area contributed by atoms with Gasteiger partial charge in [-0.15, -0.1) is 0 Å². The summed E-state index contributed by atoms with van der Waals surface area (Å²) >= 11 is 3.46. The van der Waals surface area contributed by atoms with E-state index >= 15 is 0 Å². The van der Waals surface area contributed by atoms with Crippen molar-refractivity contribution in [2.45, 2.75) is 17.7 Å². The van der Waals surface area contributed by atoms with Gasteiger partial charge in [0.2, 0.25) is 0 Å². The number of hydrogen-bond acceptors (Lipinski definition) is 4. The first-order chi connectivity index (χ1) is 15.4. The smallest absolute Gasteiger partial charge is 0.264 e. The summed E-state index contributed by atoms with van der Waals surface area (Å²) in [6.45, 7) is 0.950. The molecule has 0 fully saturated rings. The van der Waals surface area contributed by atoms with Crippen LogP contribution < -0.4 is 13.9 Å². The van der Waals surface area contributed by atoms with Crippen LogP contribution in [0.3, 0.4) is 0 Å². The van der Waals surface area contributed by atoms with Crippen molar-refractivity contribution in [3.8, 4) is 5.75 Å². The van der Waals surface area contributed by atoms with E-state index in [2.05, 4.69) is 15.9 Å². The van der Waals surface area contributed by atoms with Gasteiger partial charge in [-0.3, -0.25) is 9.10 Å². The Balaban J connectivity index is 1.26. The van der Waals surface area contributed by atoms with Gasteiger partial charge in [-0.1, -0.05) is 34.1 Å². The van der Waals surface area contributed by atoms with E-state index in [0.29, 0.717) is 25.3 Å². The number of sulfonamides is 1. The molecule has 0 unspecified atom stereocenters. The molecule has 0 saturated heterocycles. The fourth-order valence-electron chi connectivity index (χ4n) is 4.25. The summed E-state index contributed by atoms with van der Waals surface area (Å²) in [6, 6.07) is 19.7. The van der Waals surface area contributed by atoms with Crippen molar-refractivity contribution >= 4 is 43.2 Å². The van der Waals surface area contributed by atoms with Crippen LogP contribution in [0, 0.1) is 0 Å². The SMILES string of the molecule is O=C(COc1ccc(S(=O)(=O)N2CCc3ccccc32)cc1)N1CCc2cc(Br)ccc21. The number of amides is 1. The molecular formula is C24H21BrN2O4S. The molecule has 0 spiro atoms. The van der Waals surface area contributed by atoms with E-state index < -0.39 is 10.0 Å². The van der Waals surface area contributed by atoms with E-state index in [1.807, 2.05) is 42.5 Å². The Labute approximate surface area is 195 Å². The number of para-hydroxylation sites is 1. The van der Waals surface area contributed by atoms with Crippen LogP contribution in [0.5, 0.6) is 5.75 Å². The van der Waals surface area contributed by atoms with Crippen molar-refractivity contribution in [3.63, 3.8) is 0 Å². The zero-order valence-corrected chi connectivity index (χ0v) is 19.6. The van der Waals surface area contributed by atoms with E-state index in [9.17, 15) is 13.2 Å². The lowest BCUT2D eigenvalue weighted by Crippen LogP contribution is -2.33. The minimum atomic E-state index is -3.65. The first-order valence-electron chi connectivity index (χ1n) is 10.4. The Hall–Kier alpha value is -2.84. The van der Waals surface area contributed by atoms with Crippen LogP contribution in [0.4, 0.5) is 11.4 Å². The topological polar surface area (TPSA) is 66.9 Å². The molecule has 0 bridgehead atoms. The van der Waals surface area contributed by atoms with Crippen molar-refractivity contribution in [3.05, 3.63) is 82.3 Å². The molecule has 0 radical (unpaired) electrons. The zero-order chi connectivity index (χ0) is 22.3. The summed E-state index contributed by atoms with van der Waals surface area (Å²) in [5, 5.41) is 0. The Kier molecular flexibility index (Phi) is 5.43. The molecule has 1 amide bonds. The quantitative estimate of drug-likeness (QED) is 0.514. The largest absolute Gasteiger partial charge is 0.484 e. The molecule has 8 heteroatoms. The molecule has 0 N–H and O–H groups in total. The first kappa shape index (κ1) is 21.0. The molecule has 0 atom stereocenters. The molecule has 5 rings (SSSR count). The fraction of sp³-hybridized carbons (Fsp3) is 0.208. The number of carbonyl (C=O) groups excluding carboxylic acids is 1. The lowest BCUT2D eigenvalue weighted by Gasteiger charge is -2.20. The van der Waals surface area contributed by atoms with Crippen LogP contribution in [0.25, 0.3) is 0 Å². The van der Waals surface area contributed by atoms with Gasteiger partial charge in [0.25, 0.3) is 15.9 Å². The second-order valence-electron chi connectivity index (χ2n) is 7.78. The van der Waals surface area contributed by atoms with Crippen LogP contribution in [0.2, 0.25) is 0 Å². The van der Waals surface area contributed by atoms with Gasteiger partial charge in [-0.05, 0) is 72.5 Å². The molecular weight excluding hydrogens is 492 g/mol. The Bertz CT molecular complexity index is 1290. The third-order valence-corrected chi connectivity index (χ3v) is 8.18. The van der Waals surface area contributed by atoms with Gasteiger partial charge in [0.1, 0.15) is 5.75 Å². The molecule has 3 aromatic rings. The molecule has 0 saturated carbocycles. The summed E-state index contributed by atoms with van der Waals surface area (Å²) in [7, 11) is -3.65. The van der Waals surface area contributed by atoms with Crippen molar-refractivity contribution in [1.29, 1.82) is 0 Å². The second kappa shape index (κ2) is 8.26. The lowest BCUT2D eigenvalue weighted by molar-refractivity contribution is -0.120. The summed E-state index contributed by atoms with van der Waals surface area (Å²) in [4.78, 5) is 14.6. The molecule has 0 aromatic heterocycles. The maximum absolute atomic E-state index is 13.1. The van der Waals surface area contributed by atoms with Crippen LogP contribution in [-0.2, 0) is 27.7 Å². The van der Waals surface area contributed by atoms with Gasteiger partial charge >= 0.3 is 0 Å². The number of ether oxygens (including phenoxy) is 1. The zero-order valence-electron chi connectivity index (χ0n) is 17.2. The number of benzene rings is 3. The van der Waals surface area contributed by atoms with Gasteiger partial charge < -0.3 is 9.64 Å². The summed E-state index contributed by atoms with van der Waals surface area (Å²) in [5.74, 6) is 0.325. The van der Waals surface area contributed by atoms with Gasteiger partial charge in [0, 0.05) is 23.2 Å². The van der Waals surface area contributed by atoms with E-state index in [1.165, 1.54) is 16.4 Å². The molecule has 2 heterocycles. The monoisotopic (exact) mass is 512 g/mol. The predicted molar refractivity (Wildman–Crippen MR) is 127 cm³/mol.